The summed E-state index contributed by atoms with van der Waals surface area (Å²) in [6, 6.07) is 2.15. The van der Waals surface area contributed by atoms with Gasteiger partial charge in [0.2, 0.25) is 0 Å². The van der Waals surface area contributed by atoms with Crippen molar-refractivity contribution in [3.05, 3.63) is 23.0 Å². The molecule has 1 heterocycles. The van der Waals surface area contributed by atoms with Crippen LogP contribution in [0.25, 0.3) is 0 Å². The molecule has 0 aliphatic heterocycles. The normalized spacial score (nSPS) is 12.8. The standard InChI is InChI=1S/C13H22N2S/c1-5-9(2)8-16-13-6-10(3)15-11(4)12(13)7-14/h6,9H,5,7-8,14H2,1-4H3. The minimum absolute atomic E-state index is 0.585. The zero-order valence-corrected chi connectivity index (χ0v) is 11.5. The van der Waals surface area contributed by atoms with E-state index < -0.39 is 0 Å². The van der Waals surface area contributed by atoms with Crippen LogP contribution in [-0.4, -0.2) is 10.7 Å². The second kappa shape index (κ2) is 6.26. The van der Waals surface area contributed by atoms with Gasteiger partial charge in [-0.3, -0.25) is 4.98 Å². The number of nitrogens with two attached hydrogens (primary N) is 1. The fourth-order valence-corrected chi connectivity index (χ4v) is 2.91. The maximum atomic E-state index is 5.79. The molecular formula is C13H22N2S. The largest absolute Gasteiger partial charge is 0.326 e. The van der Waals surface area contributed by atoms with Crippen molar-refractivity contribution in [3.63, 3.8) is 0 Å². The molecule has 0 saturated carbocycles. The highest BCUT2D eigenvalue weighted by atomic mass is 32.2. The van der Waals surface area contributed by atoms with Crippen molar-refractivity contribution in [2.45, 2.75) is 45.6 Å². The Morgan fingerprint density at radius 2 is 2.12 bits per heavy atom. The number of rotatable bonds is 5. The van der Waals surface area contributed by atoms with Crippen molar-refractivity contribution < 1.29 is 0 Å². The molecule has 1 rings (SSSR count). The number of thioether (sulfide) groups is 1. The first kappa shape index (κ1) is 13.5. The number of pyridine rings is 1. The van der Waals surface area contributed by atoms with Crippen molar-refractivity contribution in [2.24, 2.45) is 11.7 Å². The molecular weight excluding hydrogens is 216 g/mol. The van der Waals surface area contributed by atoms with E-state index in [-0.39, 0.29) is 0 Å². The Bertz CT molecular complexity index is 350. The second-order valence-corrected chi connectivity index (χ2v) is 5.42. The van der Waals surface area contributed by atoms with E-state index in [1.165, 1.54) is 16.9 Å². The third-order valence-electron chi connectivity index (χ3n) is 2.84. The Balaban J connectivity index is 2.85. The first-order chi connectivity index (χ1) is 7.58. The molecule has 0 bridgehead atoms. The average molecular weight is 238 g/mol. The molecule has 90 valence electrons. The summed E-state index contributed by atoms with van der Waals surface area (Å²) >= 11 is 1.91. The lowest BCUT2D eigenvalue weighted by Crippen LogP contribution is -2.05. The Morgan fingerprint density at radius 3 is 2.69 bits per heavy atom. The monoisotopic (exact) mass is 238 g/mol. The molecule has 2 nitrogen and oxygen atoms in total. The number of aromatic nitrogens is 1. The van der Waals surface area contributed by atoms with Gasteiger partial charge in [0.25, 0.3) is 0 Å². The fraction of sp³-hybridized carbons (Fsp3) is 0.615. The maximum absolute atomic E-state index is 5.79. The predicted octanol–water partition coefficient (Wildman–Crippen LogP) is 3.30. The zero-order valence-electron chi connectivity index (χ0n) is 10.7. The van der Waals surface area contributed by atoms with Gasteiger partial charge in [-0.2, -0.15) is 0 Å². The third kappa shape index (κ3) is 3.49. The highest BCUT2D eigenvalue weighted by molar-refractivity contribution is 7.99. The van der Waals surface area contributed by atoms with Crippen molar-refractivity contribution in [1.29, 1.82) is 0 Å². The van der Waals surface area contributed by atoms with Crippen LogP contribution in [0.5, 0.6) is 0 Å². The quantitative estimate of drug-likeness (QED) is 0.800. The van der Waals surface area contributed by atoms with Gasteiger partial charge in [-0.05, 0) is 25.8 Å². The van der Waals surface area contributed by atoms with Gasteiger partial charge in [-0.1, -0.05) is 20.3 Å². The van der Waals surface area contributed by atoms with Gasteiger partial charge in [0.1, 0.15) is 0 Å². The molecule has 0 amide bonds. The average Bonchev–Trinajstić information content (AvgIpc) is 2.25. The van der Waals surface area contributed by atoms with Crippen molar-refractivity contribution in [2.75, 3.05) is 5.75 Å². The highest BCUT2D eigenvalue weighted by Crippen LogP contribution is 2.27. The van der Waals surface area contributed by atoms with E-state index in [9.17, 15) is 0 Å². The van der Waals surface area contributed by atoms with Crippen LogP contribution in [0.1, 0.15) is 37.2 Å². The molecule has 0 aliphatic carbocycles. The summed E-state index contributed by atoms with van der Waals surface area (Å²) in [4.78, 5) is 5.77. The molecule has 0 radical (unpaired) electrons. The van der Waals surface area contributed by atoms with Gasteiger partial charge in [0.15, 0.2) is 0 Å². The molecule has 1 aromatic heterocycles. The maximum Gasteiger partial charge on any atom is 0.0431 e. The second-order valence-electron chi connectivity index (χ2n) is 4.35. The predicted molar refractivity (Wildman–Crippen MR) is 71.8 cm³/mol. The molecule has 0 spiro atoms. The van der Waals surface area contributed by atoms with Crippen LogP contribution in [0, 0.1) is 19.8 Å². The van der Waals surface area contributed by atoms with Gasteiger partial charge in [0, 0.05) is 34.1 Å². The van der Waals surface area contributed by atoms with E-state index in [1.54, 1.807) is 0 Å². The van der Waals surface area contributed by atoms with Crippen LogP contribution in [0.3, 0.4) is 0 Å². The van der Waals surface area contributed by atoms with Gasteiger partial charge < -0.3 is 5.73 Å². The van der Waals surface area contributed by atoms with Crippen LogP contribution >= 0.6 is 11.8 Å². The smallest absolute Gasteiger partial charge is 0.0431 e. The van der Waals surface area contributed by atoms with E-state index in [0.717, 1.165) is 23.1 Å². The number of hydrogen-bond donors (Lipinski definition) is 1. The van der Waals surface area contributed by atoms with Gasteiger partial charge in [-0.25, -0.2) is 0 Å². The summed E-state index contributed by atoms with van der Waals surface area (Å²) < 4.78 is 0. The number of nitrogens with zero attached hydrogens (tertiary/aromatic N) is 1. The summed E-state index contributed by atoms with van der Waals surface area (Å²) in [5, 5.41) is 0. The molecule has 1 unspecified atom stereocenters. The van der Waals surface area contributed by atoms with Crippen LogP contribution in [0.15, 0.2) is 11.0 Å². The fourth-order valence-electron chi connectivity index (χ4n) is 1.55. The molecule has 0 saturated heterocycles. The number of aryl methyl sites for hydroxylation is 2. The first-order valence-corrected chi connectivity index (χ1v) is 6.87. The van der Waals surface area contributed by atoms with E-state index >= 15 is 0 Å². The Labute approximate surface area is 103 Å². The minimum Gasteiger partial charge on any atom is -0.326 e. The van der Waals surface area contributed by atoms with Crippen molar-refractivity contribution in [3.8, 4) is 0 Å². The SMILES string of the molecule is CCC(C)CSc1cc(C)nc(C)c1CN. The topological polar surface area (TPSA) is 38.9 Å². The number of hydrogen-bond acceptors (Lipinski definition) is 3. The zero-order chi connectivity index (χ0) is 12.1. The van der Waals surface area contributed by atoms with Gasteiger partial charge >= 0.3 is 0 Å². The summed E-state index contributed by atoms with van der Waals surface area (Å²) in [7, 11) is 0. The van der Waals surface area contributed by atoms with Gasteiger partial charge in [0.05, 0.1) is 0 Å². The summed E-state index contributed by atoms with van der Waals surface area (Å²) in [6.07, 6.45) is 1.23. The molecule has 1 aromatic rings. The molecule has 0 aliphatic rings. The van der Waals surface area contributed by atoms with Crippen LogP contribution in [0.4, 0.5) is 0 Å². The minimum atomic E-state index is 0.585. The van der Waals surface area contributed by atoms with Gasteiger partial charge in [-0.15, -0.1) is 11.8 Å². The summed E-state index contributed by atoms with van der Waals surface area (Å²) in [5.74, 6) is 1.91. The highest BCUT2D eigenvalue weighted by Gasteiger charge is 2.09. The third-order valence-corrected chi connectivity index (χ3v) is 4.25. The molecule has 0 fully saturated rings. The van der Waals surface area contributed by atoms with E-state index in [0.29, 0.717) is 6.54 Å². The van der Waals surface area contributed by atoms with Crippen molar-refractivity contribution >= 4 is 11.8 Å². The van der Waals surface area contributed by atoms with Crippen LogP contribution < -0.4 is 5.73 Å². The molecule has 1 atom stereocenters. The lowest BCUT2D eigenvalue weighted by molar-refractivity contribution is 0.636. The summed E-state index contributed by atoms with van der Waals surface area (Å²) in [6.45, 7) is 9.19. The lowest BCUT2D eigenvalue weighted by atomic mass is 10.2. The van der Waals surface area contributed by atoms with E-state index in [1.807, 2.05) is 25.6 Å². The van der Waals surface area contributed by atoms with Crippen molar-refractivity contribution in [1.82, 2.24) is 4.98 Å². The Morgan fingerprint density at radius 1 is 1.44 bits per heavy atom. The molecule has 2 N–H and O–H groups in total. The van der Waals surface area contributed by atoms with Crippen LogP contribution in [0.2, 0.25) is 0 Å². The van der Waals surface area contributed by atoms with E-state index in [2.05, 4.69) is 24.9 Å². The lowest BCUT2D eigenvalue weighted by Gasteiger charge is -2.13. The Kier molecular flexibility index (Phi) is 5.29. The first-order valence-electron chi connectivity index (χ1n) is 5.88. The molecule has 16 heavy (non-hydrogen) atoms. The molecule has 0 aromatic carbocycles. The summed E-state index contributed by atoms with van der Waals surface area (Å²) in [5.41, 5.74) is 9.16. The molecule has 3 heteroatoms. The Hall–Kier alpha value is -0.540. The van der Waals surface area contributed by atoms with E-state index in [4.69, 9.17) is 5.73 Å². The van der Waals surface area contributed by atoms with Crippen LogP contribution in [-0.2, 0) is 6.54 Å².